The predicted molar refractivity (Wildman–Crippen MR) is 122 cm³/mol. The Morgan fingerprint density at radius 2 is 1.43 bits per heavy atom. The molecule has 1 heterocycles. The van der Waals surface area contributed by atoms with Crippen molar-refractivity contribution in [1.82, 2.24) is 0 Å². The smallest absolute Gasteiger partial charge is 0.116 e. The Morgan fingerprint density at radius 1 is 0.821 bits per heavy atom. The Morgan fingerprint density at radius 3 is 2.04 bits per heavy atom. The zero-order valence-corrected chi connectivity index (χ0v) is 17.6. The van der Waals surface area contributed by atoms with Gasteiger partial charge in [0.2, 0.25) is 0 Å². The van der Waals surface area contributed by atoms with Gasteiger partial charge in [-0.15, -0.1) is 0 Å². The van der Waals surface area contributed by atoms with E-state index in [-0.39, 0.29) is 0 Å². The van der Waals surface area contributed by atoms with Gasteiger partial charge in [-0.05, 0) is 57.0 Å². The molecule has 2 aromatic rings. The predicted octanol–water partition coefficient (Wildman–Crippen LogP) is 5.42. The van der Waals surface area contributed by atoms with E-state index in [1.165, 1.54) is 35.0 Å². The summed E-state index contributed by atoms with van der Waals surface area (Å²) >= 11 is 0. The summed E-state index contributed by atoms with van der Waals surface area (Å²) in [6.45, 7) is 12.1. The highest BCUT2D eigenvalue weighted by atomic mass is 16.1. The Hall–Kier alpha value is -2.81. The van der Waals surface area contributed by atoms with E-state index in [4.69, 9.17) is 4.79 Å². The van der Waals surface area contributed by atoms with Crippen LogP contribution in [0.5, 0.6) is 0 Å². The lowest BCUT2D eigenvalue weighted by Crippen LogP contribution is -2.47. The van der Waals surface area contributed by atoms with Gasteiger partial charge in [0.15, 0.2) is 0 Å². The molecule has 1 saturated heterocycles. The number of anilines is 2. The molecule has 2 aromatic carbocycles. The third kappa shape index (κ3) is 5.85. The van der Waals surface area contributed by atoms with Gasteiger partial charge in [-0.2, -0.15) is 0 Å². The van der Waals surface area contributed by atoms with E-state index in [2.05, 4.69) is 90.4 Å². The molecule has 0 saturated carbocycles. The quantitative estimate of drug-likeness (QED) is 0.525. The Kier molecular flexibility index (Phi) is 8.54. The largest absolute Gasteiger partial charge is 0.368 e. The van der Waals surface area contributed by atoms with Crippen LogP contribution in [0.3, 0.4) is 0 Å². The van der Waals surface area contributed by atoms with Crippen LogP contribution < -0.4 is 9.80 Å². The van der Waals surface area contributed by atoms with Gasteiger partial charge in [0.25, 0.3) is 0 Å². The number of para-hydroxylation sites is 1. The van der Waals surface area contributed by atoms with Crippen molar-refractivity contribution >= 4 is 23.7 Å². The fourth-order valence-corrected chi connectivity index (χ4v) is 3.47. The molecule has 0 unspecified atom stereocenters. The summed E-state index contributed by atoms with van der Waals surface area (Å²) in [7, 11) is 0. The first-order valence-corrected chi connectivity index (χ1v) is 9.96. The van der Waals surface area contributed by atoms with Crippen LogP contribution in [0, 0.1) is 13.8 Å². The summed E-state index contributed by atoms with van der Waals surface area (Å²) in [5.74, 6) is 0. The number of nitrogens with zero attached hydrogens (tertiary/aromatic N) is 2. The molecule has 1 fully saturated rings. The first-order chi connectivity index (χ1) is 13.6. The van der Waals surface area contributed by atoms with Gasteiger partial charge in [0, 0.05) is 37.6 Å². The molecule has 1 aliphatic rings. The maximum atomic E-state index is 8.81. The van der Waals surface area contributed by atoms with Crippen molar-refractivity contribution in [3.63, 3.8) is 0 Å². The van der Waals surface area contributed by atoms with Gasteiger partial charge in [-0.25, -0.2) is 0 Å². The van der Waals surface area contributed by atoms with Gasteiger partial charge >= 0.3 is 0 Å². The summed E-state index contributed by atoms with van der Waals surface area (Å²) in [4.78, 5) is 13.8. The molecule has 148 valence electrons. The molecule has 0 amide bonds. The second kappa shape index (κ2) is 11.1. The molecule has 0 spiro atoms. The van der Waals surface area contributed by atoms with Crippen LogP contribution in [0.2, 0.25) is 0 Å². The van der Waals surface area contributed by atoms with Crippen molar-refractivity contribution in [3.8, 4) is 0 Å². The van der Waals surface area contributed by atoms with Gasteiger partial charge < -0.3 is 14.6 Å². The van der Waals surface area contributed by atoms with Crippen molar-refractivity contribution in [2.75, 3.05) is 36.0 Å². The first kappa shape index (κ1) is 21.5. The normalized spacial score (nSPS) is 14.3. The second-order valence-corrected chi connectivity index (χ2v) is 6.94. The summed E-state index contributed by atoms with van der Waals surface area (Å²) in [5.41, 5.74) is 6.70. The lowest BCUT2D eigenvalue weighted by atomic mass is 10.1. The molecule has 1 aliphatic heterocycles. The van der Waals surface area contributed by atoms with Gasteiger partial charge in [0.05, 0.1) is 0 Å². The van der Waals surface area contributed by atoms with E-state index < -0.39 is 0 Å². The SMILES string of the molecule is C/C=C\C=C\c1cc(C)ccc1N1CCN(c2ccccc2C)CC1.CC=O. The zero-order chi connectivity index (χ0) is 20.4. The van der Waals surface area contributed by atoms with Gasteiger partial charge in [-0.1, -0.05) is 54.1 Å². The van der Waals surface area contributed by atoms with E-state index in [0.717, 1.165) is 32.5 Å². The molecule has 0 aliphatic carbocycles. The highest BCUT2D eigenvalue weighted by molar-refractivity contribution is 5.70. The molecule has 0 N–H and O–H groups in total. The highest BCUT2D eigenvalue weighted by Gasteiger charge is 2.19. The summed E-state index contributed by atoms with van der Waals surface area (Å²) < 4.78 is 0. The number of allylic oxidation sites excluding steroid dienone is 3. The molecule has 0 atom stereocenters. The number of aryl methyl sites for hydroxylation is 2. The fraction of sp³-hybridized carbons (Fsp3) is 0.320. The lowest BCUT2D eigenvalue weighted by Gasteiger charge is -2.38. The van der Waals surface area contributed by atoms with E-state index in [0.29, 0.717) is 0 Å². The van der Waals surface area contributed by atoms with E-state index in [1.807, 2.05) is 6.92 Å². The van der Waals surface area contributed by atoms with Crippen LogP contribution in [0.1, 0.15) is 30.5 Å². The van der Waals surface area contributed by atoms with Crippen LogP contribution in [-0.4, -0.2) is 32.5 Å². The Balaban J connectivity index is 0.000000878. The van der Waals surface area contributed by atoms with Crippen molar-refractivity contribution in [2.24, 2.45) is 0 Å². The van der Waals surface area contributed by atoms with Gasteiger partial charge in [0.1, 0.15) is 6.29 Å². The van der Waals surface area contributed by atoms with E-state index >= 15 is 0 Å². The molecular weight excluding hydrogens is 344 g/mol. The highest BCUT2D eigenvalue weighted by Crippen LogP contribution is 2.27. The number of benzene rings is 2. The summed E-state index contributed by atoms with van der Waals surface area (Å²) in [6.07, 6.45) is 9.24. The summed E-state index contributed by atoms with van der Waals surface area (Å²) in [6, 6.07) is 15.5. The maximum absolute atomic E-state index is 8.81. The van der Waals surface area contributed by atoms with Crippen molar-refractivity contribution < 1.29 is 4.79 Å². The minimum absolute atomic E-state index is 0.750. The monoisotopic (exact) mass is 376 g/mol. The molecule has 3 heteroatoms. The van der Waals surface area contributed by atoms with Crippen molar-refractivity contribution in [2.45, 2.75) is 27.7 Å². The van der Waals surface area contributed by atoms with E-state index in [9.17, 15) is 0 Å². The fourth-order valence-electron chi connectivity index (χ4n) is 3.47. The number of rotatable bonds is 4. The topological polar surface area (TPSA) is 23.6 Å². The molecule has 3 nitrogen and oxygen atoms in total. The molecule has 0 aromatic heterocycles. The third-order valence-corrected chi connectivity index (χ3v) is 4.84. The second-order valence-electron chi connectivity index (χ2n) is 6.94. The van der Waals surface area contributed by atoms with Crippen molar-refractivity contribution in [3.05, 3.63) is 77.4 Å². The molecule has 0 bridgehead atoms. The van der Waals surface area contributed by atoms with Crippen LogP contribution in [-0.2, 0) is 4.79 Å². The number of hydrogen-bond acceptors (Lipinski definition) is 3. The summed E-state index contributed by atoms with van der Waals surface area (Å²) in [5, 5.41) is 0. The van der Waals surface area contributed by atoms with Crippen LogP contribution in [0.25, 0.3) is 6.08 Å². The Bertz CT molecular complexity index is 815. The molecule has 3 rings (SSSR count). The number of hydrogen-bond donors (Lipinski definition) is 0. The minimum atomic E-state index is 0.750. The first-order valence-electron chi connectivity index (χ1n) is 9.96. The standard InChI is InChI=1S/C23H28N2.C2H4O/c1-4-5-6-10-21-18-19(2)12-13-23(21)25-16-14-24(15-17-25)22-11-8-7-9-20(22)3;1-2-3/h4-13,18H,14-17H2,1-3H3;2H,1H3/b5-4-,10-6+;. The van der Waals surface area contributed by atoms with Gasteiger partial charge in [-0.3, -0.25) is 0 Å². The minimum Gasteiger partial charge on any atom is -0.368 e. The van der Waals surface area contributed by atoms with Crippen molar-refractivity contribution in [1.29, 1.82) is 0 Å². The molecule has 28 heavy (non-hydrogen) atoms. The number of carbonyl (C=O) groups excluding carboxylic acids is 1. The average molecular weight is 377 g/mol. The Labute approximate surface area is 170 Å². The third-order valence-electron chi connectivity index (χ3n) is 4.84. The number of aldehydes is 1. The van der Waals surface area contributed by atoms with Crippen LogP contribution in [0.4, 0.5) is 11.4 Å². The average Bonchev–Trinajstić information content (AvgIpc) is 2.70. The lowest BCUT2D eigenvalue weighted by molar-refractivity contribution is -0.106. The van der Waals surface area contributed by atoms with Crippen LogP contribution in [0.15, 0.2) is 60.7 Å². The van der Waals surface area contributed by atoms with E-state index in [1.54, 1.807) is 0 Å². The molecule has 0 radical (unpaired) electrons. The number of piperazine rings is 1. The maximum Gasteiger partial charge on any atom is 0.116 e. The van der Waals surface area contributed by atoms with Crippen LogP contribution >= 0.6 is 0 Å². The number of carbonyl (C=O) groups is 1. The zero-order valence-electron chi connectivity index (χ0n) is 17.6. The molecular formula is C25H32N2O.